The fourth-order valence-electron chi connectivity index (χ4n) is 3.93. The SMILES string of the molecule is COc1cnc2cccc(C=CC(=O)NCC3CN(c4ccc5c(c4)NC(=O)CS5)C(=O)O3)c2c1. The average Bonchev–Trinajstić information content (AvgIpc) is 3.25. The Labute approximate surface area is 205 Å². The van der Waals surface area contributed by atoms with Gasteiger partial charge in [0, 0.05) is 22.0 Å². The molecule has 0 saturated carbocycles. The Morgan fingerprint density at radius 3 is 3.06 bits per heavy atom. The maximum absolute atomic E-state index is 12.4. The molecule has 0 radical (unpaired) electrons. The highest BCUT2D eigenvalue weighted by Gasteiger charge is 2.33. The van der Waals surface area contributed by atoms with Gasteiger partial charge in [-0.15, -0.1) is 11.8 Å². The van der Waals surface area contributed by atoms with Crippen molar-refractivity contribution in [1.82, 2.24) is 10.3 Å². The first-order valence-electron chi connectivity index (χ1n) is 10.9. The van der Waals surface area contributed by atoms with Crippen LogP contribution in [0.3, 0.4) is 0 Å². The smallest absolute Gasteiger partial charge is 0.414 e. The van der Waals surface area contributed by atoms with E-state index in [0.717, 1.165) is 21.4 Å². The van der Waals surface area contributed by atoms with Crippen molar-refractivity contribution in [2.45, 2.75) is 11.0 Å². The number of benzene rings is 2. The number of nitrogens with one attached hydrogen (secondary N) is 2. The van der Waals surface area contributed by atoms with E-state index < -0.39 is 12.2 Å². The molecule has 0 bridgehead atoms. The summed E-state index contributed by atoms with van der Waals surface area (Å²) < 4.78 is 10.7. The van der Waals surface area contributed by atoms with E-state index in [4.69, 9.17) is 9.47 Å². The summed E-state index contributed by atoms with van der Waals surface area (Å²) in [6.07, 6.45) is 3.81. The van der Waals surface area contributed by atoms with Gasteiger partial charge in [-0.25, -0.2) is 4.79 Å². The zero-order valence-electron chi connectivity index (χ0n) is 18.8. The van der Waals surface area contributed by atoms with Crippen molar-refractivity contribution in [3.63, 3.8) is 0 Å². The molecule has 1 fully saturated rings. The summed E-state index contributed by atoms with van der Waals surface area (Å²) in [6.45, 7) is 0.464. The number of pyridine rings is 1. The number of carbonyl (C=O) groups is 3. The maximum atomic E-state index is 12.4. The van der Waals surface area contributed by atoms with Gasteiger partial charge in [0.25, 0.3) is 0 Å². The summed E-state index contributed by atoms with van der Waals surface area (Å²) in [5.74, 6) is 0.632. The molecular weight excluding hydrogens is 468 g/mol. The van der Waals surface area contributed by atoms with E-state index in [2.05, 4.69) is 15.6 Å². The molecule has 10 heteroatoms. The Morgan fingerprint density at radius 1 is 1.31 bits per heavy atom. The Bertz CT molecular complexity index is 1360. The van der Waals surface area contributed by atoms with E-state index in [1.54, 1.807) is 25.4 Å². The fraction of sp³-hybridized carbons (Fsp3) is 0.200. The second-order valence-corrected chi connectivity index (χ2v) is 9.02. The van der Waals surface area contributed by atoms with E-state index in [9.17, 15) is 14.4 Å². The molecule has 3 heterocycles. The number of amides is 3. The molecule has 35 heavy (non-hydrogen) atoms. The number of anilines is 2. The lowest BCUT2D eigenvalue weighted by Crippen LogP contribution is -2.33. The molecule has 5 rings (SSSR count). The van der Waals surface area contributed by atoms with Gasteiger partial charge in [-0.05, 0) is 42.0 Å². The molecule has 1 unspecified atom stereocenters. The number of nitrogens with zero attached hydrogens (tertiary/aromatic N) is 2. The first kappa shape index (κ1) is 22.7. The molecule has 1 aromatic heterocycles. The zero-order chi connectivity index (χ0) is 24.4. The monoisotopic (exact) mass is 490 g/mol. The standard InChI is InChI=1S/C25H22N4O5S/c1-33-17-10-19-15(3-2-4-20(19)26-11-17)5-8-23(30)27-12-18-13-29(25(32)34-18)16-6-7-22-21(9-16)28-24(31)14-35-22/h2-11,18H,12-14H2,1H3,(H,27,30)(H,28,31). The molecule has 9 nitrogen and oxygen atoms in total. The number of cyclic esters (lactones) is 1. The maximum Gasteiger partial charge on any atom is 0.414 e. The third-order valence-corrected chi connectivity index (χ3v) is 6.74. The van der Waals surface area contributed by atoms with Crippen molar-refractivity contribution in [3.05, 3.63) is 60.3 Å². The molecular formula is C25H22N4O5S. The minimum atomic E-state index is -0.495. The fourth-order valence-corrected chi connectivity index (χ4v) is 4.71. The van der Waals surface area contributed by atoms with Crippen LogP contribution >= 0.6 is 11.8 Å². The molecule has 0 aliphatic carbocycles. The lowest BCUT2D eigenvalue weighted by atomic mass is 10.1. The second kappa shape index (κ2) is 9.67. The van der Waals surface area contributed by atoms with Crippen LogP contribution in [-0.2, 0) is 14.3 Å². The minimum Gasteiger partial charge on any atom is -0.495 e. The Morgan fingerprint density at radius 2 is 2.20 bits per heavy atom. The quantitative estimate of drug-likeness (QED) is 0.510. The van der Waals surface area contributed by atoms with E-state index in [1.807, 2.05) is 36.4 Å². The van der Waals surface area contributed by atoms with Crippen LogP contribution in [0.5, 0.6) is 5.75 Å². The van der Waals surface area contributed by atoms with E-state index in [-0.39, 0.29) is 24.9 Å². The van der Waals surface area contributed by atoms with E-state index in [1.165, 1.54) is 22.7 Å². The third-order valence-electron chi connectivity index (χ3n) is 5.67. The zero-order valence-corrected chi connectivity index (χ0v) is 19.6. The minimum absolute atomic E-state index is 0.0730. The molecule has 2 aromatic carbocycles. The molecule has 2 N–H and O–H groups in total. The third kappa shape index (κ3) is 4.92. The van der Waals surface area contributed by atoms with Gasteiger partial charge >= 0.3 is 6.09 Å². The molecule has 3 aromatic rings. The number of carbonyl (C=O) groups excluding carboxylic acids is 3. The predicted molar refractivity (Wildman–Crippen MR) is 134 cm³/mol. The van der Waals surface area contributed by atoms with Crippen molar-refractivity contribution in [3.8, 4) is 5.75 Å². The number of rotatable bonds is 6. The molecule has 0 spiro atoms. The largest absolute Gasteiger partial charge is 0.495 e. The summed E-state index contributed by atoms with van der Waals surface area (Å²) in [6, 6.07) is 13.0. The van der Waals surface area contributed by atoms with Crippen LogP contribution in [0.25, 0.3) is 17.0 Å². The number of aromatic nitrogens is 1. The molecule has 2 aliphatic rings. The van der Waals surface area contributed by atoms with Crippen LogP contribution in [-0.4, -0.2) is 54.9 Å². The molecule has 1 saturated heterocycles. The number of ether oxygens (including phenoxy) is 2. The van der Waals surface area contributed by atoms with Gasteiger partial charge in [0.15, 0.2) is 0 Å². The lowest BCUT2D eigenvalue weighted by Gasteiger charge is -2.19. The van der Waals surface area contributed by atoms with Gasteiger partial charge in [-0.2, -0.15) is 0 Å². The van der Waals surface area contributed by atoms with Gasteiger partial charge in [0.2, 0.25) is 11.8 Å². The van der Waals surface area contributed by atoms with Crippen LogP contribution in [0.2, 0.25) is 0 Å². The second-order valence-electron chi connectivity index (χ2n) is 8.00. The molecule has 178 valence electrons. The Balaban J connectivity index is 1.20. The number of fused-ring (bicyclic) bond motifs is 2. The van der Waals surface area contributed by atoms with Crippen molar-refractivity contribution in [2.24, 2.45) is 0 Å². The highest BCUT2D eigenvalue weighted by Crippen LogP contribution is 2.35. The topological polar surface area (TPSA) is 110 Å². The van der Waals surface area contributed by atoms with Crippen LogP contribution in [0.4, 0.5) is 16.2 Å². The number of hydrogen-bond donors (Lipinski definition) is 2. The molecule has 3 amide bonds. The summed E-state index contributed by atoms with van der Waals surface area (Å²) in [5, 5.41) is 6.48. The summed E-state index contributed by atoms with van der Waals surface area (Å²) in [7, 11) is 1.58. The normalized spacial score (nSPS) is 17.3. The predicted octanol–water partition coefficient (Wildman–Crippen LogP) is 3.44. The molecule has 1 atom stereocenters. The van der Waals surface area contributed by atoms with Gasteiger partial charge < -0.3 is 20.1 Å². The van der Waals surface area contributed by atoms with Crippen LogP contribution in [0, 0.1) is 0 Å². The Hall–Kier alpha value is -4.05. The van der Waals surface area contributed by atoms with Crippen LogP contribution in [0.15, 0.2) is 59.6 Å². The first-order chi connectivity index (χ1) is 17.0. The molecule has 2 aliphatic heterocycles. The number of hydrogen-bond acceptors (Lipinski definition) is 7. The highest BCUT2D eigenvalue weighted by atomic mass is 32.2. The van der Waals surface area contributed by atoms with Gasteiger partial charge in [0.05, 0.1) is 43.4 Å². The van der Waals surface area contributed by atoms with Gasteiger partial charge in [0.1, 0.15) is 11.9 Å². The van der Waals surface area contributed by atoms with Gasteiger partial charge in [-0.3, -0.25) is 19.5 Å². The number of methoxy groups -OCH3 is 1. The average molecular weight is 491 g/mol. The van der Waals surface area contributed by atoms with Crippen molar-refractivity contribution in [1.29, 1.82) is 0 Å². The lowest BCUT2D eigenvalue weighted by molar-refractivity contribution is -0.117. The van der Waals surface area contributed by atoms with Crippen LogP contribution in [0.1, 0.15) is 5.56 Å². The van der Waals surface area contributed by atoms with E-state index >= 15 is 0 Å². The van der Waals surface area contributed by atoms with Crippen molar-refractivity contribution in [2.75, 3.05) is 36.2 Å². The summed E-state index contributed by atoms with van der Waals surface area (Å²) in [5.41, 5.74) is 2.94. The first-order valence-corrected chi connectivity index (χ1v) is 11.9. The summed E-state index contributed by atoms with van der Waals surface area (Å²) >= 11 is 1.46. The summed E-state index contributed by atoms with van der Waals surface area (Å²) in [4.78, 5) is 43.3. The van der Waals surface area contributed by atoms with Gasteiger partial charge in [-0.1, -0.05) is 12.1 Å². The van der Waals surface area contributed by atoms with Crippen molar-refractivity contribution >= 4 is 58.0 Å². The van der Waals surface area contributed by atoms with Crippen molar-refractivity contribution < 1.29 is 23.9 Å². The highest BCUT2D eigenvalue weighted by molar-refractivity contribution is 8.00. The number of thioether (sulfide) groups is 1. The van der Waals surface area contributed by atoms with E-state index in [0.29, 0.717) is 22.9 Å². The van der Waals surface area contributed by atoms with Crippen LogP contribution < -0.4 is 20.3 Å². The Kier molecular flexibility index (Phi) is 6.28.